The second-order valence-corrected chi connectivity index (χ2v) is 6.33. The fourth-order valence-electron chi connectivity index (χ4n) is 3.15. The van der Waals surface area contributed by atoms with Gasteiger partial charge in [0.05, 0.1) is 17.2 Å². The van der Waals surface area contributed by atoms with Gasteiger partial charge in [0.2, 0.25) is 5.95 Å². The summed E-state index contributed by atoms with van der Waals surface area (Å²) in [6, 6.07) is 7.78. The lowest BCUT2D eigenvalue weighted by atomic mass is 10.2. The molecule has 1 aliphatic rings. The van der Waals surface area contributed by atoms with E-state index in [1.807, 2.05) is 31.2 Å². The molecular formula is C18H20N6O. The third-order valence-corrected chi connectivity index (χ3v) is 4.61. The van der Waals surface area contributed by atoms with Gasteiger partial charge in [0.25, 0.3) is 5.56 Å². The van der Waals surface area contributed by atoms with Gasteiger partial charge in [-0.15, -0.1) is 0 Å². The normalized spacial score (nSPS) is 15.0. The molecule has 0 spiro atoms. The minimum Gasteiger partial charge on any atom is -0.368 e. The minimum absolute atomic E-state index is 0.0158. The first-order valence-corrected chi connectivity index (χ1v) is 8.37. The summed E-state index contributed by atoms with van der Waals surface area (Å²) in [5.41, 5.74) is 2.80. The SMILES string of the molecule is Cc1ccnc(N2CCN(c3ccc4c(=O)n(C)cnc4c3)CC2)n1. The second kappa shape index (κ2) is 6.16. The quantitative estimate of drug-likeness (QED) is 0.704. The molecule has 3 aromatic rings. The Morgan fingerprint density at radius 3 is 2.52 bits per heavy atom. The number of anilines is 2. The summed E-state index contributed by atoms with van der Waals surface area (Å²) >= 11 is 0. The van der Waals surface area contributed by atoms with Gasteiger partial charge in [-0.2, -0.15) is 0 Å². The van der Waals surface area contributed by atoms with E-state index in [9.17, 15) is 4.79 Å². The van der Waals surface area contributed by atoms with Crippen LogP contribution in [0.3, 0.4) is 0 Å². The highest BCUT2D eigenvalue weighted by Gasteiger charge is 2.19. The highest BCUT2D eigenvalue weighted by atomic mass is 16.1. The molecule has 0 radical (unpaired) electrons. The van der Waals surface area contributed by atoms with Gasteiger partial charge in [-0.1, -0.05) is 0 Å². The molecule has 0 amide bonds. The molecule has 0 bridgehead atoms. The molecule has 7 heteroatoms. The van der Waals surface area contributed by atoms with Gasteiger partial charge in [-0.3, -0.25) is 4.79 Å². The van der Waals surface area contributed by atoms with Crippen molar-refractivity contribution in [3.63, 3.8) is 0 Å². The van der Waals surface area contributed by atoms with Gasteiger partial charge in [-0.25, -0.2) is 15.0 Å². The van der Waals surface area contributed by atoms with Crippen molar-refractivity contribution in [2.24, 2.45) is 7.05 Å². The van der Waals surface area contributed by atoms with Crippen LogP contribution in [-0.2, 0) is 7.05 Å². The molecule has 0 atom stereocenters. The van der Waals surface area contributed by atoms with Crippen LogP contribution >= 0.6 is 0 Å². The Labute approximate surface area is 145 Å². The molecule has 0 N–H and O–H groups in total. The molecule has 0 unspecified atom stereocenters. The third-order valence-electron chi connectivity index (χ3n) is 4.61. The van der Waals surface area contributed by atoms with Crippen molar-refractivity contribution < 1.29 is 0 Å². The van der Waals surface area contributed by atoms with Crippen molar-refractivity contribution in [2.45, 2.75) is 6.92 Å². The van der Waals surface area contributed by atoms with Crippen molar-refractivity contribution in [2.75, 3.05) is 36.0 Å². The summed E-state index contributed by atoms with van der Waals surface area (Å²) in [4.78, 5) is 29.9. The van der Waals surface area contributed by atoms with E-state index in [4.69, 9.17) is 0 Å². The molecule has 128 valence electrons. The smallest absolute Gasteiger partial charge is 0.260 e. The lowest BCUT2D eigenvalue weighted by molar-refractivity contribution is 0.639. The molecule has 2 aromatic heterocycles. The van der Waals surface area contributed by atoms with Crippen molar-refractivity contribution in [1.82, 2.24) is 19.5 Å². The van der Waals surface area contributed by atoms with Crippen molar-refractivity contribution in [1.29, 1.82) is 0 Å². The standard InChI is InChI=1S/C18H20N6O/c1-13-5-6-19-18(21-13)24-9-7-23(8-10-24)14-3-4-15-16(11-14)20-12-22(2)17(15)25/h3-6,11-12H,7-10H2,1-2H3. The Morgan fingerprint density at radius 1 is 1.00 bits per heavy atom. The number of hydrogen-bond donors (Lipinski definition) is 0. The van der Waals surface area contributed by atoms with E-state index in [1.165, 1.54) is 4.57 Å². The fraction of sp³-hybridized carbons (Fsp3) is 0.333. The molecule has 1 saturated heterocycles. The van der Waals surface area contributed by atoms with Crippen LogP contribution in [0.5, 0.6) is 0 Å². The predicted octanol–water partition coefficient (Wildman–Crippen LogP) is 1.36. The van der Waals surface area contributed by atoms with Crippen LogP contribution < -0.4 is 15.4 Å². The van der Waals surface area contributed by atoms with Gasteiger partial charge >= 0.3 is 0 Å². The van der Waals surface area contributed by atoms with Gasteiger partial charge in [0.15, 0.2) is 0 Å². The molecule has 1 aliphatic heterocycles. The summed E-state index contributed by atoms with van der Waals surface area (Å²) < 4.78 is 1.50. The number of fused-ring (bicyclic) bond motifs is 1. The van der Waals surface area contributed by atoms with Crippen LogP contribution in [0.2, 0.25) is 0 Å². The number of benzene rings is 1. The molecule has 0 aliphatic carbocycles. The van der Waals surface area contributed by atoms with Crippen LogP contribution in [0.25, 0.3) is 10.9 Å². The Balaban J connectivity index is 1.53. The number of aryl methyl sites for hydroxylation is 2. The third kappa shape index (κ3) is 2.93. The summed E-state index contributed by atoms with van der Waals surface area (Å²) in [7, 11) is 1.72. The minimum atomic E-state index is -0.0158. The highest BCUT2D eigenvalue weighted by Crippen LogP contribution is 2.21. The molecule has 1 fully saturated rings. The van der Waals surface area contributed by atoms with Gasteiger partial charge in [0.1, 0.15) is 0 Å². The summed E-state index contributed by atoms with van der Waals surface area (Å²) in [5, 5.41) is 0.653. The average molecular weight is 336 g/mol. The number of nitrogens with zero attached hydrogens (tertiary/aromatic N) is 6. The fourth-order valence-corrected chi connectivity index (χ4v) is 3.15. The lowest BCUT2D eigenvalue weighted by Gasteiger charge is -2.36. The summed E-state index contributed by atoms with van der Waals surface area (Å²) in [5.74, 6) is 0.795. The van der Waals surface area contributed by atoms with Crippen LogP contribution in [0.15, 0.2) is 41.6 Å². The number of piperazine rings is 1. The Kier molecular flexibility index (Phi) is 3.83. The molecule has 0 saturated carbocycles. The van der Waals surface area contributed by atoms with Gasteiger partial charge in [0, 0.05) is 50.8 Å². The van der Waals surface area contributed by atoms with Crippen molar-refractivity contribution in [3.05, 3.63) is 52.8 Å². The number of aromatic nitrogens is 4. The summed E-state index contributed by atoms with van der Waals surface area (Å²) in [6.45, 7) is 5.48. The van der Waals surface area contributed by atoms with Crippen LogP contribution in [0.1, 0.15) is 5.69 Å². The topological polar surface area (TPSA) is 67.2 Å². The predicted molar refractivity (Wildman–Crippen MR) is 98.2 cm³/mol. The van der Waals surface area contributed by atoms with E-state index >= 15 is 0 Å². The van der Waals surface area contributed by atoms with E-state index in [0.717, 1.165) is 49.0 Å². The zero-order valence-electron chi connectivity index (χ0n) is 14.4. The number of rotatable bonds is 2. The van der Waals surface area contributed by atoms with Crippen LogP contribution in [-0.4, -0.2) is 45.7 Å². The lowest BCUT2D eigenvalue weighted by Crippen LogP contribution is -2.47. The Morgan fingerprint density at radius 2 is 1.76 bits per heavy atom. The molecule has 7 nitrogen and oxygen atoms in total. The van der Waals surface area contributed by atoms with Gasteiger partial charge < -0.3 is 14.4 Å². The first-order chi connectivity index (χ1) is 12.1. The first-order valence-electron chi connectivity index (χ1n) is 8.37. The van der Waals surface area contributed by atoms with E-state index < -0.39 is 0 Å². The average Bonchev–Trinajstić information content (AvgIpc) is 2.65. The second-order valence-electron chi connectivity index (χ2n) is 6.33. The van der Waals surface area contributed by atoms with Crippen LogP contribution in [0, 0.1) is 6.92 Å². The first kappa shape index (κ1) is 15.6. The molecule has 1 aromatic carbocycles. The van der Waals surface area contributed by atoms with Crippen molar-refractivity contribution >= 4 is 22.5 Å². The number of hydrogen-bond acceptors (Lipinski definition) is 6. The molecule has 25 heavy (non-hydrogen) atoms. The maximum Gasteiger partial charge on any atom is 0.260 e. The van der Waals surface area contributed by atoms with E-state index in [0.29, 0.717) is 5.39 Å². The summed E-state index contributed by atoms with van der Waals surface area (Å²) in [6.07, 6.45) is 3.38. The van der Waals surface area contributed by atoms with Gasteiger partial charge in [-0.05, 0) is 31.2 Å². The zero-order valence-corrected chi connectivity index (χ0v) is 14.4. The highest BCUT2D eigenvalue weighted by molar-refractivity contribution is 5.81. The zero-order chi connectivity index (χ0) is 17.4. The largest absolute Gasteiger partial charge is 0.368 e. The maximum absolute atomic E-state index is 12.1. The Bertz CT molecular complexity index is 975. The van der Waals surface area contributed by atoms with E-state index in [-0.39, 0.29) is 5.56 Å². The van der Waals surface area contributed by atoms with E-state index in [1.54, 1.807) is 19.6 Å². The molecular weight excluding hydrogens is 316 g/mol. The molecule has 4 rings (SSSR count). The maximum atomic E-state index is 12.1. The monoisotopic (exact) mass is 336 g/mol. The van der Waals surface area contributed by atoms with Crippen LogP contribution in [0.4, 0.5) is 11.6 Å². The Hall–Kier alpha value is -2.96. The van der Waals surface area contributed by atoms with E-state index in [2.05, 4.69) is 24.8 Å². The van der Waals surface area contributed by atoms with Crippen molar-refractivity contribution in [3.8, 4) is 0 Å². The molecule has 3 heterocycles.